The van der Waals surface area contributed by atoms with Crippen molar-refractivity contribution in [1.82, 2.24) is 14.9 Å². The van der Waals surface area contributed by atoms with Crippen LogP contribution in [-0.2, 0) is 24.3 Å². The Bertz CT molecular complexity index is 1180. The van der Waals surface area contributed by atoms with Crippen molar-refractivity contribution in [3.05, 3.63) is 81.3 Å². The second-order valence-corrected chi connectivity index (χ2v) is 8.68. The second kappa shape index (κ2) is 10.0. The number of carbonyl (C=O) groups excluding carboxylic acids is 1. The van der Waals surface area contributed by atoms with Crippen molar-refractivity contribution in [1.29, 1.82) is 0 Å². The lowest BCUT2D eigenvalue weighted by Crippen LogP contribution is -2.35. The van der Waals surface area contributed by atoms with Crippen LogP contribution in [-0.4, -0.2) is 40.2 Å². The first-order valence-corrected chi connectivity index (χ1v) is 11.5. The number of benzene rings is 2. The first kappa shape index (κ1) is 22.1. The number of rotatable bonds is 7. The first-order valence-electron chi connectivity index (χ1n) is 10.5. The fraction of sp³-hybridized carbons (Fsp3) is 0.292. The largest absolute Gasteiger partial charge is 0.496 e. The average molecular weight is 451 g/mol. The molecule has 2 N–H and O–H groups in total. The molecule has 7 nitrogen and oxygen atoms in total. The van der Waals surface area contributed by atoms with E-state index in [1.165, 1.54) is 11.8 Å². The summed E-state index contributed by atoms with van der Waals surface area (Å²) in [6.07, 6.45) is 0.692. The monoisotopic (exact) mass is 450 g/mol. The highest BCUT2D eigenvalue weighted by atomic mass is 32.2. The van der Waals surface area contributed by atoms with Crippen molar-refractivity contribution in [2.75, 3.05) is 24.7 Å². The van der Waals surface area contributed by atoms with Crippen molar-refractivity contribution in [2.45, 2.75) is 31.6 Å². The number of methoxy groups -OCH3 is 1. The Labute approximate surface area is 191 Å². The molecule has 3 aromatic rings. The van der Waals surface area contributed by atoms with Gasteiger partial charge in [-0.2, -0.15) is 0 Å². The van der Waals surface area contributed by atoms with Gasteiger partial charge in [-0.05, 0) is 24.6 Å². The molecule has 0 bridgehead atoms. The van der Waals surface area contributed by atoms with Crippen LogP contribution in [0.2, 0.25) is 0 Å². The molecule has 2 aromatic carbocycles. The zero-order chi connectivity index (χ0) is 22.5. The molecule has 1 aliphatic rings. The SMILES string of the molecule is COc1ccccc1CN1CCc2nc(SCC(=O)Nc3ccccc3C)[nH]c(=O)c2C1. The van der Waals surface area contributed by atoms with E-state index < -0.39 is 0 Å². The summed E-state index contributed by atoms with van der Waals surface area (Å²) < 4.78 is 5.44. The summed E-state index contributed by atoms with van der Waals surface area (Å²) in [4.78, 5) is 34.7. The Morgan fingerprint density at radius 3 is 2.81 bits per heavy atom. The summed E-state index contributed by atoms with van der Waals surface area (Å²) in [5.41, 5.74) is 4.26. The summed E-state index contributed by atoms with van der Waals surface area (Å²) in [7, 11) is 1.67. The minimum atomic E-state index is -0.137. The number of hydrogen-bond donors (Lipinski definition) is 2. The standard InChI is InChI=1S/C24H26N4O3S/c1-16-7-3-5-9-19(16)25-22(29)15-32-24-26-20-11-12-28(14-18(20)23(30)27-24)13-17-8-4-6-10-21(17)31-2/h3-10H,11-15H2,1-2H3,(H,25,29)(H,26,27,30). The number of aromatic amines is 1. The van der Waals surface area contributed by atoms with E-state index in [0.29, 0.717) is 30.2 Å². The van der Waals surface area contributed by atoms with Gasteiger partial charge in [0.15, 0.2) is 5.16 Å². The number of fused-ring (bicyclic) bond motifs is 1. The molecule has 166 valence electrons. The predicted molar refractivity (Wildman–Crippen MR) is 126 cm³/mol. The maximum atomic E-state index is 12.7. The highest BCUT2D eigenvalue weighted by Crippen LogP contribution is 2.23. The number of hydrogen-bond acceptors (Lipinski definition) is 6. The van der Waals surface area contributed by atoms with Gasteiger partial charge in [-0.25, -0.2) is 4.98 Å². The highest BCUT2D eigenvalue weighted by molar-refractivity contribution is 7.99. The van der Waals surface area contributed by atoms with Gasteiger partial charge < -0.3 is 15.0 Å². The van der Waals surface area contributed by atoms with E-state index in [-0.39, 0.29) is 17.2 Å². The normalized spacial score (nSPS) is 13.4. The summed E-state index contributed by atoms with van der Waals surface area (Å²) in [6.45, 7) is 3.99. The van der Waals surface area contributed by atoms with Crippen LogP contribution in [0.3, 0.4) is 0 Å². The Kier molecular flexibility index (Phi) is 6.92. The summed E-state index contributed by atoms with van der Waals surface area (Å²) in [5.74, 6) is 0.893. The summed E-state index contributed by atoms with van der Waals surface area (Å²) in [5, 5.41) is 3.38. The second-order valence-electron chi connectivity index (χ2n) is 7.72. The van der Waals surface area contributed by atoms with E-state index in [4.69, 9.17) is 4.74 Å². The van der Waals surface area contributed by atoms with Crippen molar-refractivity contribution in [3.8, 4) is 5.75 Å². The molecule has 0 fully saturated rings. The van der Waals surface area contributed by atoms with Crippen molar-refractivity contribution in [2.24, 2.45) is 0 Å². The molecule has 1 aliphatic heterocycles. The molecule has 0 aliphatic carbocycles. The van der Waals surface area contributed by atoms with Gasteiger partial charge >= 0.3 is 0 Å². The molecule has 8 heteroatoms. The number of amides is 1. The number of nitrogens with one attached hydrogen (secondary N) is 2. The number of ether oxygens (including phenoxy) is 1. The zero-order valence-corrected chi connectivity index (χ0v) is 19.0. The van der Waals surface area contributed by atoms with Gasteiger partial charge in [0.2, 0.25) is 5.91 Å². The Hall–Kier alpha value is -3.10. The maximum Gasteiger partial charge on any atom is 0.256 e. The highest BCUT2D eigenvalue weighted by Gasteiger charge is 2.22. The minimum Gasteiger partial charge on any atom is -0.496 e. The number of aryl methyl sites for hydroxylation is 1. The molecule has 0 radical (unpaired) electrons. The van der Waals surface area contributed by atoms with E-state index in [1.807, 2.05) is 55.5 Å². The summed E-state index contributed by atoms with van der Waals surface area (Å²) >= 11 is 1.24. The lowest BCUT2D eigenvalue weighted by atomic mass is 10.1. The van der Waals surface area contributed by atoms with Gasteiger partial charge in [-0.1, -0.05) is 48.2 Å². The molecule has 0 unspecified atom stereocenters. The molecule has 0 spiro atoms. The lowest BCUT2D eigenvalue weighted by molar-refractivity contribution is -0.113. The third-order valence-corrected chi connectivity index (χ3v) is 6.34. The number of nitrogens with zero attached hydrogens (tertiary/aromatic N) is 2. The van der Waals surface area contributed by atoms with Crippen molar-refractivity contribution < 1.29 is 9.53 Å². The molecule has 0 saturated carbocycles. The molecule has 32 heavy (non-hydrogen) atoms. The van der Waals surface area contributed by atoms with E-state index in [0.717, 1.165) is 34.8 Å². The van der Waals surface area contributed by atoms with Gasteiger partial charge in [-0.15, -0.1) is 0 Å². The van der Waals surface area contributed by atoms with Gasteiger partial charge in [0, 0.05) is 37.3 Å². The molecule has 0 atom stereocenters. The molecule has 2 heterocycles. The molecule has 4 rings (SSSR count). The van der Waals surface area contributed by atoms with Crippen molar-refractivity contribution >= 4 is 23.4 Å². The third kappa shape index (κ3) is 5.20. The van der Waals surface area contributed by atoms with Crippen LogP contribution in [0, 0.1) is 6.92 Å². The van der Waals surface area contributed by atoms with Crippen LogP contribution >= 0.6 is 11.8 Å². The maximum absolute atomic E-state index is 12.7. The van der Waals surface area contributed by atoms with Crippen LogP contribution in [0.25, 0.3) is 0 Å². The van der Waals surface area contributed by atoms with Crippen LogP contribution in [0.15, 0.2) is 58.5 Å². The van der Waals surface area contributed by atoms with E-state index in [1.54, 1.807) is 7.11 Å². The van der Waals surface area contributed by atoms with E-state index >= 15 is 0 Å². The van der Waals surface area contributed by atoms with Gasteiger partial charge in [0.25, 0.3) is 5.56 Å². The van der Waals surface area contributed by atoms with E-state index in [9.17, 15) is 9.59 Å². The number of aromatic nitrogens is 2. The first-order chi connectivity index (χ1) is 15.5. The molecular formula is C24H26N4O3S. The number of anilines is 1. The topological polar surface area (TPSA) is 87.3 Å². The number of para-hydroxylation sites is 2. The lowest BCUT2D eigenvalue weighted by Gasteiger charge is -2.28. The zero-order valence-electron chi connectivity index (χ0n) is 18.2. The fourth-order valence-corrected chi connectivity index (χ4v) is 4.45. The molecule has 1 amide bonds. The van der Waals surface area contributed by atoms with Crippen LogP contribution in [0.4, 0.5) is 5.69 Å². The minimum absolute atomic E-state index is 0.132. The number of thioether (sulfide) groups is 1. The smallest absolute Gasteiger partial charge is 0.256 e. The number of carbonyl (C=O) groups is 1. The van der Waals surface area contributed by atoms with Crippen LogP contribution in [0.5, 0.6) is 5.75 Å². The van der Waals surface area contributed by atoms with Gasteiger partial charge in [0.1, 0.15) is 5.75 Å². The van der Waals surface area contributed by atoms with E-state index in [2.05, 4.69) is 20.2 Å². The fourth-order valence-electron chi connectivity index (χ4n) is 3.77. The Morgan fingerprint density at radius 2 is 2.00 bits per heavy atom. The third-order valence-electron chi connectivity index (χ3n) is 5.47. The number of H-pyrrole nitrogens is 1. The molecular weight excluding hydrogens is 424 g/mol. The Balaban J connectivity index is 1.39. The summed E-state index contributed by atoms with van der Waals surface area (Å²) in [6, 6.07) is 15.6. The van der Waals surface area contributed by atoms with Crippen molar-refractivity contribution in [3.63, 3.8) is 0 Å². The van der Waals surface area contributed by atoms with Gasteiger partial charge in [0.05, 0.1) is 24.1 Å². The van der Waals surface area contributed by atoms with Crippen LogP contribution < -0.4 is 15.6 Å². The predicted octanol–water partition coefficient (Wildman–Crippen LogP) is 3.38. The average Bonchev–Trinajstić information content (AvgIpc) is 2.80. The molecule has 0 saturated heterocycles. The van der Waals surface area contributed by atoms with Gasteiger partial charge in [-0.3, -0.25) is 14.5 Å². The quantitative estimate of drug-likeness (QED) is 0.424. The molecule has 1 aromatic heterocycles. The Morgan fingerprint density at radius 1 is 1.22 bits per heavy atom. The van der Waals surface area contributed by atoms with Crippen LogP contribution in [0.1, 0.15) is 22.4 Å².